The van der Waals surface area contributed by atoms with Crippen molar-refractivity contribution in [3.8, 4) is 0 Å². The zero-order chi connectivity index (χ0) is 15.9. The van der Waals surface area contributed by atoms with Crippen LogP contribution in [-0.2, 0) is 4.79 Å². The predicted octanol–water partition coefficient (Wildman–Crippen LogP) is 2.65. The molecule has 0 aliphatic heterocycles. The van der Waals surface area contributed by atoms with Gasteiger partial charge in [0.2, 0.25) is 0 Å². The lowest BCUT2D eigenvalue weighted by Crippen LogP contribution is -2.33. The van der Waals surface area contributed by atoms with Crippen LogP contribution < -0.4 is 10.6 Å². The summed E-state index contributed by atoms with van der Waals surface area (Å²) in [6.07, 6.45) is 0.298. The van der Waals surface area contributed by atoms with Gasteiger partial charge in [0.05, 0.1) is 10.0 Å². The number of halogens is 2. The van der Waals surface area contributed by atoms with E-state index in [0.717, 1.165) is 0 Å². The number of aromatic nitrogens is 1. The van der Waals surface area contributed by atoms with Crippen LogP contribution in [-0.4, -0.2) is 29.1 Å². The van der Waals surface area contributed by atoms with Gasteiger partial charge in [-0.3, -0.25) is 4.79 Å². The average Bonchev–Trinajstić information content (AvgIpc) is 2.53. The molecule has 1 aromatic heterocycles. The molecule has 1 unspecified atom stereocenters. The van der Waals surface area contributed by atoms with Crippen molar-refractivity contribution >= 4 is 34.9 Å². The number of pyridine rings is 1. The zero-order valence-corrected chi connectivity index (χ0v) is 13.1. The number of amides is 1. The maximum absolute atomic E-state index is 11.8. The van der Waals surface area contributed by atoms with E-state index in [1.54, 1.807) is 30.3 Å². The first-order valence-corrected chi connectivity index (χ1v) is 7.39. The lowest BCUT2D eigenvalue weighted by molar-refractivity contribution is -0.129. The Bertz CT molecular complexity index is 638. The Morgan fingerprint density at radius 2 is 1.95 bits per heavy atom. The largest absolute Gasteiger partial charge is 0.378 e. The molecular formula is C15H15Cl2N3O2. The number of nitrogens with one attached hydrogen (secondary N) is 2. The monoisotopic (exact) mass is 339 g/mol. The molecule has 0 saturated heterocycles. The van der Waals surface area contributed by atoms with Crippen molar-refractivity contribution in [2.45, 2.75) is 6.10 Å². The molecule has 0 aliphatic carbocycles. The second-order valence-corrected chi connectivity index (χ2v) is 5.36. The molecule has 1 amide bonds. The summed E-state index contributed by atoms with van der Waals surface area (Å²) in [4.78, 5) is 15.9. The predicted molar refractivity (Wildman–Crippen MR) is 87.2 cm³/mol. The van der Waals surface area contributed by atoms with Gasteiger partial charge in [-0.1, -0.05) is 53.5 Å². The number of hydrogen-bond donors (Lipinski definition) is 3. The molecule has 1 atom stereocenters. The topological polar surface area (TPSA) is 74.2 Å². The molecule has 0 aliphatic rings. The number of carbonyl (C=O) groups is 1. The number of anilines is 1. The van der Waals surface area contributed by atoms with Gasteiger partial charge in [-0.2, -0.15) is 0 Å². The van der Waals surface area contributed by atoms with E-state index in [1.165, 1.54) is 6.20 Å². The van der Waals surface area contributed by atoms with Crippen LogP contribution in [0.2, 0.25) is 10.0 Å². The summed E-state index contributed by atoms with van der Waals surface area (Å²) in [6.45, 7) is 0.741. The molecule has 116 valence electrons. The Balaban J connectivity index is 1.77. The first-order valence-electron chi connectivity index (χ1n) is 6.63. The van der Waals surface area contributed by atoms with Gasteiger partial charge in [0, 0.05) is 19.3 Å². The highest BCUT2D eigenvalue weighted by atomic mass is 35.5. The quantitative estimate of drug-likeness (QED) is 0.707. The number of hydrogen-bond acceptors (Lipinski definition) is 4. The summed E-state index contributed by atoms with van der Waals surface area (Å²) in [5, 5.41) is 16.4. The zero-order valence-electron chi connectivity index (χ0n) is 11.6. The molecule has 3 N–H and O–H groups in total. The van der Waals surface area contributed by atoms with E-state index >= 15 is 0 Å². The van der Waals surface area contributed by atoms with Crippen molar-refractivity contribution in [2.24, 2.45) is 0 Å². The lowest BCUT2D eigenvalue weighted by atomic mass is 10.1. The van der Waals surface area contributed by atoms with Crippen LogP contribution in [0.3, 0.4) is 0 Å². The van der Waals surface area contributed by atoms with E-state index in [4.69, 9.17) is 23.2 Å². The van der Waals surface area contributed by atoms with E-state index < -0.39 is 12.0 Å². The first kappa shape index (κ1) is 16.5. The minimum Gasteiger partial charge on any atom is -0.378 e. The number of rotatable bonds is 6. The number of nitrogens with zero attached hydrogens (tertiary/aromatic N) is 1. The fourth-order valence-corrected chi connectivity index (χ4v) is 2.24. The smallest absolute Gasteiger partial charge is 0.253 e. The molecule has 1 aromatic carbocycles. The van der Waals surface area contributed by atoms with Crippen LogP contribution in [0.4, 0.5) is 5.82 Å². The Morgan fingerprint density at radius 1 is 1.23 bits per heavy atom. The van der Waals surface area contributed by atoms with E-state index in [2.05, 4.69) is 15.6 Å². The van der Waals surface area contributed by atoms with Crippen molar-refractivity contribution in [1.29, 1.82) is 0 Å². The number of aliphatic hydroxyl groups excluding tert-OH is 1. The Hall–Kier alpha value is -1.82. The van der Waals surface area contributed by atoms with Crippen LogP contribution in [0.25, 0.3) is 0 Å². The summed E-state index contributed by atoms with van der Waals surface area (Å²) in [7, 11) is 0. The molecule has 2 aromatic rings. The second kappa shape index (κ2) is 7.98. The van der Waals surface area contributed by atoms with Crippen LogP contribution in [0.5, 0.6) is 0 Å². The Labute approximate surface area is 138 Å². The van der Waals surface area contributed by atoms with Crippen molar-refractivity contribution in [1.82, 2.24) is 10.3 Å². The third kappa shape index (κ3) is 4.59. The number of aliphatic hydroxyl groups is 1. The van der Waals surface area contributed by atoms with Gasteiger partial charge in [0.1, 0.15) is 5.82 Å². The SMILES string of the molecule is O=C(NCCNc1ncc(Cl)cc1Cl)C(O)c1ccccc1. The van der Waals surface area contributed by atoms with Gasteiger partial charge in [0.25, 0.3) is 5.91 Å². The highest BCUT2D eigenvalue weighted by molar-refractivity contribution is 6.35. The third-order valence-electron chi connectivity index (χ3n) is 2.89. The van der Waals surface area contributed by atoms with Gasteiger partial charge in [-0.05, 0) is 11.6 Å². The van der Waals surface area contributed by atoms with Gasteiger partial charge in [-0.25, -0.2) is 4.98 Å². The molecule has 0 spiro atoms. The standard InChI is InChI=1S/C15H15Cl2N3O2/c16-11-8-12(17)14(20-9-11)18-6-7-19-15(22)13(21)10-4-2-1-3-5-10/h1-5,8-9,13,21H,6-7H2,(H,18,20)(H,19,22). The minimum absolute atomic E-state index is 0.323. The minimum atomic E-state index is -1.18. The van der Waals surface area contributed by atoms with Gasteiger partial charge < -0.3 is 15.7 Å². The molecule has 2 rings (SSSR count). The maximum Gasteiger partial charge on any atom is 0.253 e. The molecule has 22 heavy (non-hydrogen) atoms. The molecular weight excluding hydrogens is 325 g/mol. The lowest BCUT2D eigenvalue weighted by Gasteiger charge is -2.12. The molecule has 0 saturated carbocycles. The summed E-state index contributed by atoms with van der Waals surface area (Å²) in [6, 6.07) is 10.3. The van der Waals surface area contributed by atoms with Gasteiger partial charge in [0.15, 0.2) is 6.10 Å². The molecule has 0 radical (unpaired) electrons. The fourth-order valence-electron chi connectivity index (χ4n) is 1.79. The summed E-state index contributed by atoms with van der Waals surface area (Å²) in [5.41, 5.74) is 0.551. The van der Waals surface area contributed by atoms with Crippen molar-refractivity contribution in [3.63, 3.8) is 0 Å². The molecule has 7 heteroatoms. The highest BCUT2D eigenvalue weighted by Crippen LogP contribution is 2.22. The summed E-state index contributed by atoms with van der Waals surface area (Å²) < 4.78 is 0. The Kier molecular flexibility index (Phi) is 6.00. The van der Waals surface area contributed by atoms with E-state index in [0.29, 0.717) is 34.5 Å². The van der Waals surface area contributed by atoms with Crippen LogP contribution in [0.15, 0.2) is 42.6 Å². The highest BCUT2D eigenvalue weighted by Gasteiger charge is 2.16. The van der Waals surface area contributed by atoms with Crippen LogP contribution in [0, 0.1) is 0 Å². The molecule has 5 nitrogen and oxygen atoms in total. The van der Waals surface area contributed by atoms with Crippen molar-refractivity contribution in [3.05, 3.63) is 58.2 Å². The van der Waals surface area contributed by atoms with Crippen molar-refractivity contribution < 1.29 is 9.90 Å². The Morgan fingerprint density at radius 3 is 2.64 bits per heavy atom. The van der Waals surface area contributed by atoms with Crippen molar-refractivity contribution in [2.75, 3.05) is 18.4 Å². The summed E-state index contributed by atoms with van der Waals surface area (Å²) >= 11 is 11.7. The van der Waals surface area contributed by atoms with E-state index in [9.17, 15) is 9.90 Å². The van der Waals surface area contributed by atoms with Crippen LogP contribution >= 0.6 is 23.2 Å². The molecule has 0 bridgehead atoms. The average molecular weight is 340 g/mol. The normalized spacial score (nSPS) is 11.8. The van der Waals surface area contributed by atoms with E-state index in [1.807, 2.05) is 6.07 Å². The number of carbonyl (C=O) groups excluding carboxylic acids is 1. The first-order chi connectivity index (χ1) is 10.6. The third-order valence-corrected chi connectivity index (χ3v) is 3.38. The maximum atomic E-state index is 11.8. The number of benzene rings is 1. The van der Waals surface area contributed by atoms with Gasteiger partial charge in [-0.15, -0.1) is 0 Å². The van der Waals surface area contributed by atoms with Crippen LogP contribution in [0.1, 0.15) is 11.7 Å². The fraction of sp³-hybridized carbons (Fsp3) is 0.200. The summed E-state index contributed by atoms with van der Waals surface area (Å²) in [5.74, 6) is 0.0343. The van der Waals surface area contributed by atoms with Gasteiger partial charge >= 0.3 is 0 Å². The molecule has 0 fully saturated rings. The molecule has 1 heterocycles. The second-order valence-electron chi connectivity index (χ2n) is 4.51. The van der Waals surface area contributed by atoms with E-state index in [-0.39, 0.29) is 0 Å².